The Morgan fingerprint density at radius 3 is 2.71 bits per heavy atom. The molecule has 0 aliphatic rings. The van der Waals surface area contributed by atoms with E-state index in [9.17, 15) is 0 Å². The number of rotatable bonds is 1. The van der Waals surface area contributed by atoms with Gasteiger partial charge in [-0.25, -0.2) is 4.98 Å². The van der Waals surface area contributed by atoms with E-state index in [0.717, 1.165) is 21.8 Å². The van der Waals surface area contributed by atoms with Crippen molar-refractivity contribution >= 4 is 27.2 Å². The van der Waals surface area contributed by atoms with Gasteiger partial charge in [0.25, 0.3) is 0 Å². The SMILES string of the molecule is Cc1ccc2sc(C(C)C)nc2c1N. The lowest BCUT2D eigenvalue weighted by atomic mass is 10.2. The first-order valence-electron chi connectivity index (χ1n) is 4.75. The standard InChI is InChI=1S/C11H14N2S/c1-6(2)11-13-10-8(14-11)5-4-7(3)9(10)12/h4-6H,12H2,1-3H3. The van der Waals surface area contributed by atoms with Crippen molar-refractivity contribution in [2.24, 2.45) is 0 Å². The summed E-state index contributed by atoms with van der Waals surface area (Å²) in [7, 11) is 0. The Kier molecular flexibility index (Phi) is 2.19. The fourth-order valence-electron chi connectivity index (χ4n) is 1.38. The van der Waals surface area contributed by atoms with Gasteiger partial charge >= 0.3 is 0 Å². The molecule has 2 aromatic rings. The van der Waals surface area contributed by atoms with Crippen LogP contribution in [0.2, 0.25) is 0 Å². The number of nitrogens with two attached hydrogens (primary N) is 1. The second kappa shape index (κ2) is 3.24. The Bertz CT molecular complexity index is 471. The van der Waals surface area contributed by atoms with Gasteiger partial charge in [-0.2, -0.15) is 0 Å². The van der Waals surface area contributed by atoms with E-state index in [1.165, 1.54) is 4.70 Å². The van der Waals surface area contributed by atoms with Crippen LogP contribution in [0.5, 0.6) is 0 Å². The molecule has 0 fully saturated rings. The van der Waals surface area contributed by atoms with E-state index in [2.05, 4.69) is 31.0 Å². The summed E-state index contributed by atoms with van der Waals surface area (Å²) in [4.78, 5) is 4.57. The fraction of sp³-hybridized carbons (Fsp3) is 0.364. The number of thiazole rings is 1. The van der Waals surface area contributed by atoms with Crippen molar-refractivity contribution in [3.8, 4) is 0 Å². The van der Waals surface area contributed by atoms with Gasteiger partial charge in [-0.15, -0.1) is 11.3 Å². The molecule has 1 aromatic carbocycles. The second-order valence-electron chi connectivity index (χ2n) is 3.85. The lowest BCUT2D eigenvalue weighted by Crippen LogP contribution is -1.91. The fourth-order valence-corrected chi connectivity index (χ4v) is 2.37. The summed E-state index contributed by atoms with van der Waals surface area (Å²) in [5, 5.41) is 1.16. The maximum atomic E-state index is 5.98. The summed E-state index contributed by atoms with van der Waals surface area (Å²) in [6, 6.07) is 4.16. The van der Waals surface area contributed by atoms with Crippen LogP contribution in [0.3, 0.4) is 0 Å². The summed E-state index contributed by atoms with van der Waals surface area (Å²) in [5.41, 5.74) is 8.88. The lowest BCUT2D eigenvalue weighted by Gasteiger charge is -1.98. The minimum atomic E-state index is 0.479. The highest BCUT2D eigenvalue weighted by Crippen LogP contribution is 2.31. The van der Waals surface area contributed by atoms with Gasteiger partial charge in [0.2, 0.25) is 0 Å². The summed E-state index contributed by atoms with van der Waals surface area (Å²) < 4.78 is 1.19. The smallest absolute Gasteiger partial charge is 0.105 e. The lowest BCUT2D eigenvalue weighted by molar-refractivity contribution is 0.857. The molecule has 1 aromatic heterocycles. The van der Waals surface area contributed by atoms with E-state index >= 15 is 0 Å². The summed E-state index contributed by atoms with van der Waals surface area (Å²) in [5.74, 6) is 0.479. The van der Waals surface area contributed by atoms with Crippen molar-refractivity contribution in [2.45, 2.75) is 26.7 Å². The van der Waals surface area contributed by atoms with Crippen LogP contribution in [0.25, 0.3) is 10.2 Å². The van der Waals surface area contributed by atoms with Crippen molar-refractivity contribution in [1.29, 1.82) is 0 Å². The molecule has 0 saturated carbocycles. The van der Waals surface area contributed by atoms with E-state index in [1.807, 2.05) is 6.92 Å². The summed E-state index contributed by atoms with van der Waals surface area (Å²) >= 11 is 1.74. The molecule has 2 rings (SSSR count). The maximum absolute atomic E-state index is 5.98. The largest absolute Gasteiger partial charge is 0.397 e. The Morgan fingerprint density at radius 1 is 1.36 bits per heavy atom. The first-order valence-corrected chi connectivity index (χ1v) is 5.56. The van der Waals surface area contributed by atoms with Crippen LogP contribution in [0.1, 0.15) is 30.3 Å². The van der Waals surface area contributed by atoms with Gasteiger partial charge < -0.3 is 5.73 Å². The molecule has 3 heteroatoms. The average molecular weight is 206 g/mol. The first kappa shape index (κ1) is 9.46. The Morgan fingerprint density at radius 2 is 2.07 bits per heavy atom. The molecule has 0 spiro atoms. The molecule has 0 bridgehead atoms. The highest BCUT2D eigenvalue weighted by atomic mass is 32.1. The summed E-state index contributed by atoms with van der Waals surface area (Å²) in [6.07, 6.45) is 0. The molecule has 0 radical (unpaired) electrons. The van der Waals surface area contributed by atoms with Crippen molar-refractivity contribution in [1.82, 2.24) is 4.98 Å². The molecule has 1 heterocycles. The number of hydrogen-bond donors (Lipinski definition) is 1. The van der Waals surface area contributed by atoms with Crippen LogP contribution in [0.15, 0.2) is 12.1 Å². The second-order valence-corrected chi connectivity index (χ2v) is 4.91. The number of anilines is 1. The zero-order chi connectivity index (χ0) is 10.3. The number of fused-ring (bicyclic) bond motifs is 1. The van der Waals surface area contributed by atoms with Gasteiger partial charge in [0.15, 0.2) is 0 Å². The van der Waals surface area contributed by atoms with Gasteiger partial charge in [-0.05, 0) is 18.6 Å². The van der Waals surface area contributed by atoms with Crippen LogP contribution in [0.4, 0.5) is 5.69 Å². The minimum Gasteiger partial charge on any atom is -0.397 e. The molecule has 0 atom stereocenters. The Balaban J connectivity index is 2.71. The minimum absolute atomic E-state index is 0.479. The van der Waals surface area contributed by atoms with Crippen LogP contribution in [0, 0.1) is 6.92 Å². The van der Waals surface area contributed by atoms with Gasteiger partial charge in [0, 0.05) is 5.92 Å². The summed E-state index contributed by atoms with van der Waals surface area (Å²) in [6.45, 7) is 6.32. The number of aryl methyl sites for hydroxylation is 1. The number of aromatic nitrogens is 1. The topological polar surface area (TPSA) is 38.9 Å². The van der Waals surface area contributed by atoms with Gasteiger partial charge in [0.05, 0.1) is 15.4 Å². The molecule has 0 unspecified atom stereocenters. The quantitative estimate of drug-likeness (QED) is 0.727. The molecule has 0 saturated heterocycles. The zero-order valence-electron chi connectivity index (χ0n) is 8.66. The van der Waals surface area contributed by atoms with Crippen LogP contribution in [-0.2, 0) is 0 Å². The number of benzene rings is 1. The average Bonchev–Trinajstić information content (AvgIpc) is 2.56. The molecular formula is C11H14N2S. The van der Waals surface area contributed by atoms with E-state index < -0.39 is 0 Å². The Hall–Kier alpha value is -1.09. The third kappa shape index (κ3) is 1.38. The van der Waals surface area contributed by atoms with E-state index in [-0.39, 0.29) is 0 Å². The van der Waals surface area contributed by atoms with Crippen molar-refractivity contribution in [3.05, 3.63) is 22.7 Å². The van der Waals surface area contributed by atoms with Crippen molar-refractivity contribution in [2.75, 3.05) is 5.73 Å². The highest BCUT2D eigenvalue weighted by molar-refractivity contribution is 7.18. The molecule has 0 aliphatic carbocycles. The predicted molar refractivity (Wildman–Crippen MR) is 62.9 cm³/mol. The first-order chi connectivity index (χ1) is 6.59. The van der Waals surface area contributed by atoms with E-state index in [1.54, 1.807) is 11.3 Å². The predicted octanol–water partition coefficient (Wildman–Crippen LogP) is 3.31. The number of nitrogen functional groups attached to an aromatic ring is 1. The number of hydrogen-bond acceptors (Lipinski definition) is 3. The van der Waals surface area contributed by atoms with Gasteiger partial charge in [-0.3, -0.25) is 0 Å². The highest BCUT2D eigenvalue weighted by Gasteiger charge is 2.10. The number of nitrogens with zero attached hydrogens (tertiary/aromatic N) is 1. The molecule has 0 aliphatic heterocycles. The third-order valence-corrected chi connectivity index (χ3v) is 3.65. The monoisotopic (exact) mass is 206 g/mol. The van der Waals surface area contributed by atoms with Crippen molar-refractivity contribution < 1.29 is 0 Å². The van der Waals surface area contributed by atoms with E-state index in [4.69, 9.17) is 5.73 Å². The third-order valence-electron chi connectivity index (χ3n) is 2.33. The zero-order valence-corrected chi connectivity index (χ0v) is 9.48. The Labute approximate surface area is 87.8 Å². The molecule has 2 N–H and O–H groups in total. The normalized spacial score (nSPS) is 11.4. The van der Waals surface area contributed by atoms with Crippen LogP contribution >= 0.6 is 11.3 Å². The molecule has 0 amide bonds. The van der Waals surface area contributed by atoms with Crippen molar-refractivity contribution in [3.63, 3.8) is 0 Å². The molecule has 14 heavy (non-hydrogen) atoms. The van der Waals surface area contributed by atoms with Gasteiger partial charge in [-0.1, -0.05) is 19.9 Å². The molecular weight excluding hydrogens is 192 g/mol. The van der Waals surface area contributed by atoms with Crippen LogP contribution < -0.4 is 5.73 Å². The van der Waals surface area contributed by atoms with Crippen LogP contribution in [-0.4, -0.2) is 4.98 Å². The van der Waals surface area contributed by atoms with Gasteiger partial charge in [0.1, 0.15) is 5.52 Å². The molecule has 2 nitrogen and oxygen atoms in total. The molecule has 74 valence electrons. The maximum Gasteiger partial charge on any atom is 0.105 e. The van der Waals surface area contributed by atoms with E-state index in [0.29, 0.717) is 5.92 Å².